The number of ether oxygens (including phenoxy) is 2. The number of pyridine rings is 1. The molecule has 0 spiro atoms. The smallest absolute Gasteiger partial charge is 0.414 e. The van der Waals surface area contributed by atoms with Crippen LogP contribution in [0.1, 0.15) is 68.2 Å². The number of aryl methyl sites for hydroxylation is 1. The maximum atomic E-state index is 13.0. The Morgan fingerprint density at radius 2 is 2.00 bits per heavy atom. The highest BCUT2D eigenvalue weighted by molar-refractivity contribution is 7.19. The van der Waals surface area contributed by atoms with E-state index in [9.17, 15) is 18.3 Å². The zero-order valence-corrected chi connectivity index (χ0v) is 20.4. The Morgan fingerprint density at radius 1 is 1.26 bits per heavy atom. The number of halogens is 3. The molecule has 2 aliphatic carbocycles. The lowest BCUT2D eigenvalue weighted by Gasteiger charge is -2.49. The van der Waals surface area contributed by atoms with Gasteiger partial charge in [-0.05, 0) is 68.9 Å². The van der Waals surface area contributed by atoms with Crippen LogP contribution in [0.2, 0.25) is 0 Å². The van der Waals surface area contributed by atoms with E-state index in [1.165, 1.54) is 0 Å². The molecule has 0 unspecified atom stereocenters. The van der Waals surface area contributed by atoms with Gasteiger partial charge >= 0.3 is 6.18 Å². The molecule has 2 atom stereocenters. The summed E-state index contributed by atoms with van der Waals surface area (Å²) in [5.74, 6) is 0.406. The number of fused-ring (bicyclic) bond motifs is 3. The molecule has 0 aromatic carbocycles. The number of hydrogen-bond donors (Lipinski definition) is 1. The molecule has 34 heavy (non-hydrogen) atoms. The minimum Gasteiger partial charge on any atom is -0.490 e. The maximum Gasteiger partial charge on any atom is 0.414 e. The number of morpholine rings is 1. The van der Waals surface area contributed by atoms with Crippen molar-refractivity contribution in [2.45, 2.75) is 88.1 Å². The van der Waals surface area contributed by atoms with Crippen molar-refractivity contribution in [3.63, 3.8) is 0 Å². The summed E-state index contributed by atoms with van der Waals surface area (Å²) < 4.78 is 51.2. The fourth-order valence-electron chi connectivity index (χ4n) is 6.22. The minimum atomic E-state index is -4.60. The van der Waals surface area contributed by atoms with Crippen molar-refractivity contribution in [2.24, 2.45) is 0 Å². The van der Waals surface area contributed by atoms with Crippen LogP contribution in [0.3, 0.4) is 0 Å². The molecule has 1 saturated carbocycles. The third kappa shape index (κ3) is 4.56. The van der Waals surface area contributed by atoms with Crippen molar-refractivity contribution >= 4 is 21.6 Å². The molecule has 2 aromatic heterocycles. The molecule has 5 rings (SSSR count). The summed E-state index contributed by atoms with van der Waals surface area (Å²) in [4.78, 5) is 8.99. The Kier molecular flexibility index (Phi) is 6.83. The lowest BCUT2D eigenvalue weighted by Crippen LogP contribution is -2.55. The Balaban J connectivity index is 1.33. The average Bonchev–Trinajstić information content (AvgIpc) is 3.40. The van der Waals surface area contributed by atoms with Crippen molar-refractivity contribution in [1.29, 1.82) is 0 Å². The predicted octanol–water partition coefficient (Wildman–Crippen LogP) is 5.44. The van der Waals surface area contributed by atoms with Crippen LogP contribution in [0, 0.1) is 0 Å². The van der Waals surface area contributed by atoms with Crippen LogP contribution in [-0.2, 0) is 11.2 Å². The van der Waals surface area contributed by atoms with Crippen LogP contribution in [0.4, 0.5) is 13.2 Å². The highest BCUT2D eigenvalue weighted by Crippen LogP contribution is 2.49. The minimum absolute atomic E-state index is 0.0856. The number of aliphatic hydroxyl groups excluding tert-OH is 1. The molecule has 3 aliphatic rings. The van der Waals surface area contributed by atoms with Gasteiger partial charge in [-0.25, -0.2) is 4.98 Å². The van der Waals surface area contributed by atoms with E-state index in [0.29, 0.717) is 6.42 Å². The summed E-state index contributed by atoms with van der Waals surface area (Å²) in [5.41, 5.74) is 1.12. The second-order valence-corrected chi connectivity index (χ2v) is 11.0. The normalized spacial score (nSPS) is 29.3. The Bertz CT molecular complexity index is 997. The largest absolute Gasteiger partial charge is 0.490 e. The molecule has 188 valence electrons. The fourth-order valence-corrected chi connectivity index (χ4v) is 7.48. The van der Waals surface area contributed by atoms with Crippen molar-refractivity contribution in [3.05, 3.63) is 22.7 Å². The van der Waals surface area contributed by atoms with Gasteiger partial charge in [-0.15, -0.1) is 11.3 Å². The molecule has 0 amide bonds. The van der Waals surface area contributed by atoms with E-state index in [-0.39, 0.29) is 24.0 Å². The molecular weight excluding hydrogens is 465 g/mol. The fraction of sp³-hybridized carbons (Fsp3) is 0.720. The number of aromatic nitrogens is 1. The number of thiophene rings is 1. The molecule has 3 heterocycles. The third-order valence-corrected chi connectivity index (χ3v) is 9.35. The second kappa shape index (κ2) is 9.56. The van der Waals surface area contributed by atoms with Gasteiger partial charge in [-0.1, -0.05) is 6.92 Å². The summed E-state index contributed by atoms with van der Waals surface area (Å²) in [6.07, 6.45) is 1.13. The molecule has 1 saturated heterocycles. The summed E-state index contributed by atoms with van der Waals surface area (Å²) in [5, 5.41) is 10.6. The van der Waals surface area contributed by atoms with E-state index in [2.05, 4.69) is 16.8 Å². The number of hydrogen-bond acceptors (Lipinski definition) is 6. The van der Waals surface area contributed by atoms with Gasteiger partial charge in [0.05, 0.1) is 24.7 Å². The number of rotatable bonds is 6. The summed E-state index contributed by atoms with van der Waals surface area (Å²) in [6, 6.07) is 1.86. The van der Waals surface area contributed by atoms with Crippen molar-refractivity contribution < 1.29 is 27.8 Å². The first-order valence-electron chi connectivity index (χ1n) is 12.5. The highest BCUT2D eigenvalue weighted by Gasteiger charge is 2.43. The predicted molar refractivity (Wildman–Crippen MR) is 126 cm³/mol. The molecule has 1 aliphatic heterocycles. The third-order valence-electron chi connectivity index (χ3n) is 8.18. The van der Waals surface area contributed by atoms with E-state index in [1.807, 2.05) is 6.07 Å². The Hall–Kier alpha value is -1.42. The van der Waals surface area contributed by atoms with Crippen LogP contribution in [0.5, 0.6) is 5.75 Å². The first-order valence-corrected chi connectivity index (χ1v) is 13.3. The van der Waals surface area contributed by atoms with Crippen molar-refractivity contribution in [2.75, 3.05) is 26.3 Å². The van der Waals surface area contributed by atoms with E-state index >= 15 is 0 Å². The summed E-state index contributed by atoms with van der Waals surface area (Å²) >= 11 is 1.55. The van der Waals surface area contributed by atoms with Crippen LogP contribution in [0.25, 0.3) is 10.2 Å². The number of alkyl halides is 3. The lowest BCUT2D eigenvalue weighted by molar-refractivity contribution is -0.206. The molecule has 0 bridgehead atoms. The van der Waals surface area contributed by atoms with Gasteiger partial charge in [0, 0.05) is 29.7 Å². The van der Waals surface area contributed by atoms with Crippen molar-refractivity contribution in [3.8, 4) is 5.75 Å². The zero-order valence-electron chi connectivity index (χ0n) is 19.6. The summed E-state index contributed by atoms with van der Waals surface area (Å²) in [6.45, 7) is 5.83. The molecule has 5 nitrogen and oxygen atoms in total. The van der Waals surface area contributed by atoms with Gasteiger partial charge in [0.2, 0.25) is 0 Å². The first-order chi connectivity index (χ1) is 16.3. The number of aliphatic hydroxyl groups is 1. The molecular formula is C25H33F3N2O3S. The topological polar surface area (TPSA) is 54.8 Å². The SMILES string of the molecule is CCC1(N2CCOCC2)CCC(Oc2ccnc3sc4c(c23)[C@@H](C[C@@H](O)C(F)(F)F)CC4)CC1. The number of nitrogens with zero attached hydrogens (tertiary/aromatic N) is 2. The molecule has 9 heteroatoms. The van der Waals surface area contributed by atoms with Crippen LogP contribution < -0.4 is 4.74 Å². The Morgan fingerprint density at radius 3 is 2.68 bits per heavy atom. The monoisotopic (exact) mass is 498 g/mol. The molecule has 2 aromatic rings. The first kappa shape index (κ1) is 24.3. The van der Waals surface area contributed by atoms with E-state index in [1.54, 1.807) is 17.5 Å². The quantitative estimate of drug-likeness (QED) is 0.575. The van der Waals surface area contributed by atoms with Crippen LogP contribution in [0.15, 0.2) is 12.3 Å². The van der Waals surface area contributed by atoms with Gasteiger partial charge < -0.3 is 14.6 Å². The zero-order chi connectivity index (χ0) is 23.9. The van der Waals surface area contributed by atoms with Gasteiger partial charge in [0.1, 0.15) is 16.7 Å². The standard InChI is InChI=1S/C25H33F3N2O3S/c1-2-24(30-11-13-32-14-12-30)8-5-17(6-9-24)33-18-7-10-29-23-22(18)21-16(3-4-19(21)34-23)15-20(31)25(26,27)28/h7,10,16-17,20,31H,2-6,8-9,11-15H2,1H3/t16-,17?,20-,24?/m1/s1. The summed E-state index contributed by atoms with van der Waals surface area (Å²) in [7, 11) is 0. The average molecular weight is 499 g/mol. The van der Waals surface area contributed by atoms with Gasteiger partial charge in [0.25, 0.3) is 0 Å². The van der Waals surface area contributed by atoms with Gasteiger partial charge in [-0.2, -0.15) is 13.2 Å². The molecule has 1 N–H and O–H groups in total. The maximum absolute atomic E-state index is 13.0. The molecule has 0 radical (unpaired) electrons. The van der Waals surface area contributed by atoms with Crippen LogP contribution in [-0.4, -0.2) is 65.2 Å². The highest BCUT2D eigenvalue weighted by atomic mass is 32.1. The van der Waals surface area contributed by atoms with Gasteiger partial charge in [0.15, 0.2) is 0 Å². The van der Waals surface area contributed by atoms with E-state index in [4.69, 9.17) is 9.47 Å². The van der Waals surface area contributed by atoms with Crippen LogP contribution >= 0.6 is 11.3 Å². The Labute approximate surface area is 202 Å². The lowest BCUT2D eigenvalue weighted by atomic mass is 9.77. The second-order valence-electron chi connectivity index (χ2n) is 9.95. The molecule has 2 fully saturated rings. The van der Waals surface area contributed by atoms with E-state index < -0.39 is 12.3 Å². The van der Waals surface area contributed by atoms with Crippen molar-refractivity contribution in [1.82, 2.24) is 9.88 Å². The van der Waals surface area contributed by atoms with Gasteiger partial charge in [-0.3, -0.25) is 4.90 Å². The van der Waals surface area contributed by atoms with E-state index in [0.717, 1.165) is 91.2 Å².